The van der Waals surface area contributed by atoms with Crippen molar-refractivity contribution in [2.75, 3.05) is 4.90 Å². The van der Waals surface area contributed by atoms with E-state index in [1.165, 1.54) is 40.2 Å². The van der Waals surface area contributed by atoms with E-state index in [-0.39, 0.29) is 22.4 Å². The molecule has 0 bridgehead atoms. The van der Waals surface area contributed by atoms with Crippen molar-refractivity contribution >= 4 is 33.8 Å². The van der Waals surface area contributed by atoms with Gasteiger partial charge in [0.05, 0.1) is 11.4 Å². The van der Waals surface area contributed by atoms with Crippen LogP contribution in [-0.4, -0.2) is 16.7 Å². The molecule has 2 aromatic rings. The van der Waals surface area contributed by atoms with E-state index in [4.69, 9.17) is 4.98 Å². The molecule has 1 aromatic carbocycles. The van der Waals surface area contributed by atoms with Crippen LogP contribution in [0.2, 0.25) is 0 Å². The summed E-state index contributed by atoms with van der Waals surface area (Å²) in [6.07, 6.45) is 8.00. The van der Waals surface area contributed by atoms with Gasteiger partial charge in [0.1, 0.15) is 17.4 Å². The molecule has 1 amide bonds. The van der Waals surface area contributed by atoms with E-state index in [0.29, 0.717) is 34.6 Å². The van der Waals surface area contributed by atoms with Gasteiger partial charge in [0, 0.05) is 35.6 Å². The van der Waals surface area contributed by atoms with Gasteiger partial charge >= 0.3 is 0 Å². The molecule has 35 heavy (non-hydrogen) atoms. The molecular weight excluding hydrogens is 466 g/mol. The first-order valence-electron chi connectivity index (χ1n) is 12.9. The molecule has 3 fully saturated rings. The number of aryl methyl sites for hydroxylation is 1. The van der Waals surface area contributed by atoms with E-state index in [2.05, 4.69) is 13.8 Å². The molecule has 6 rings (SSSR count). The van der Waals surface area contributed by atoms with Crippen LogP contribution in [0.15, 0.2) is 18.2 Å². The summed E-state index contributed by atoms with van der Waals surface area (Å²) in [6.45, 7) is 6.05. The molecule has 0 saturated heterocycles. The number of amides is 1. The predicted octanol–water partition coefficient (Wildman–Crippen LogP) is 6.95. The summed E-state index contributed by atoms with van der Waals surface area (Å²) in [5.41, 5.74) is 1.09. The molecule has 0 spiro atoms. The number of halogens is 2. The minimum Gasteiger partial charge on any atom is -0.299 e. The number of hydrogen-bond acceptors (Lipinski definition) is 4. The lowest BCUT2D eigenvalue weighted by atomic mass is 9.46. The normalized spacial score (nSPS) is 35.6. The zero-order valence-electron chi connectivity index (χ0n) is 20.6. The van der Waals surface area contributed by atoms with Crippen molar-refractivity contribution < 1.29 is 18.4 Å². The number of Topliss-reactive ketones (excluding diaryl/α,β-unsaturated/α-hetero) is 1. The van der Waals surface area contributed by atoms with Gasteiger partial charge < -0.3 is 0 Å². The summed E-state index contributed by atoms with van der Waals surface area (Å²) < 4.78 is 28.1. The fourth-order valence-electron chi connectivity index (χ4n) is 8.37. The number of carbonyl (C=O) groups excluding carboxylic acids is 2. The topological polar surface area (TPSA) is 50.3 Å². The average Bonchev–Trinajstić information content (AvgIpc) is 3.35. The van der Waals surface area contributed by atoms with E-state index in [1.54, 1.807) is 0 Å². The molecule has 0 aliphatic heterocycles. The van der Waals surface area contributed by atoms with Crippen LogP contribution in [0, 0.1) is 40.2 Å². The maximum Gasteiger partial charge on any atom is 0.230 e. The van der Waals surface area contributed by atoms with Crippen molar-refractivity contribution in [1.82, 2.24) is 4.98 Å². The van der Waals surface area contributed by atoms with E-state index in [0.717, 1.165) is 63.1 Å². The Labute approximate surface area is 209 Å². The van der Waals surface area contributed by atoms with Crippen molar-refractivity contribution in [2.45, 2.75) is 78.1 Å². The van der Waals surface area contributed by atoms with Gasteiger partial charge in [-0.15, -0.1) is 11.3 Å². The number of rotatable bonds is 2. The van der Waals surface area contributed by atoms with E-state index >= 15 is 0 Å². The number of aromatic nitrogens is 1. The van der Waals surface area contributed by atoms with Gasteiger partial charge in [0.15, 0.2) is 5.13 Å². The fourth-order valence-corrected chi connectivity index (χ4v) is 9.84. The highest BCUT2D eigenvalue weighted by Gasteiger charge is 2.60. The second kappa shape index (κ2) is 7.92. The van der Waals surface area contributed by atoms with Crippen molar-refractivity contribution in [2.24, 2.45) is 28.6 Å². The molecule has 0 radical (unpaired) electrons. The zero-order valence-corrected chi connectivity index (χ0v) is 21.4. The molecule has 186 valence electrons. The van der Waals surface area contributed by atoms with Crippen LogP contribution >= 0.6 is 11.3 Å². The van der Waals surface area contributed by atoms with Crippen LogP contribution in [0.4, 0.5) is 19.6 Å². The molecule has 7 heteroatoms. The molecule has 6 atom stereocenters. The molecule has 0 N–H and O–H groups in total. The molecule has 3 saturated carbocycles. The van der Waals surface area contributed by atoms with Crippen molar-refractivity contribution in [3.8, 4) is 0 Å². The Morgan fingerprint density at radius 2 is 1.89 bits per heavy atom. The number of hydrogen-bond donors (Lipinski definition) is 0. The lowest BCUT2D eigenvalue weighted by molar-refractivity contribution is -0.134. The third kappa shape index (κ3) is 3.29. The smallest absolute Gasteiger partial charge is 0.230 e. The van der Waals surface area contributed by atoms with Crippen molar-refractivity contribution in [3.63, 3.8) is 0 Å². The van der Waals surface area contributed by atoms with Gasteiger partial charge in [0.25, 0.3) is 0 Å². The predicted molar refractivity (Wildman–Crippen MR) is 132 cm³/mol. The largest absolute Gasteiger partial charge is 0.299 e. The summed E-state index contributed by atoms with van der Waals surface area (Å²) in [4.78, 5) is 32.7. The molecule has 1 aromatic heterocycles. The summed E-state index contributed by atoms with van der Waals surface area (Å²) in [6, 6.07) is 3.29. The van der Waals surface area contributed by atoms with Crippen molar-refractivity contribution in [1.29, 1.82) is 0 Å². The quantitative estimate of drug-likeness (QED) is 0.450. The first-order valence-corrected chi connectivity index (χ1v) is 13.7. The van der Waals surface area contributed by atoms with Crippen LogP contribution < -0.4 is 4.90 Å². The number of ketones is 1. The Kier molecular flexibility index (Phi) is 5.27. The highest BCUT2D eigenvalue weighted by atomic mass is 32.1. The van der Waals surface area contributed by atoms with Crippen molar-refractivity contribution in [3.05, 3.63) is 40.4 Å². The van der Waals surface area contributed by atoms with Gasteiger partial charge in [-0.3, -0.25) is 14.5 Å². The standard InChI is InChI=1S/C28H32F2N2O2S/c1-15(33)32(23-8-4-16(29)14-21(23)30)26-31-22-11-13-27(2)19-10-12-28(3)18(7-9-24(28)34)17(19)5-6-20(27)25(22)35-26/h4,8,14,17-20H,5-7,9-13H2,1-3H3/t17-,18-,19-,20?,27+,28-/m0/s1. The second-order valence-corrected chi connectivity index (χ2v) is 12.7. The van der Waals surface area contributed by atoms with Crippen LogP contribution in [0.5, 0.6) is 0 Å². The molecule has 4 aliphatic rings. The molecule has 1 heterocycles. The summed E-state index contributed by atoms with van der Waals surface area (Å²) >= 11 is 1.50. The number of thiazole rings is 1. The SMILES string of the molecule is CC(=O)N(c1nc2c(s1)C1CC[C@@H]3[C@H](CC[C@]4(C)C(=O)CC[C@@H]34)[C@@]1(C)CC2)c1ccc(F)cc1F. The molecule has 4 aliphatic carbocycles. The third-order valence-corrected chi connectivity index (χ3v) is 11.4. The van der Waals surface area contributed by atoms with Crippen LogP contribution in [-0.2, 0) is 16.0 Å². The second-order valence-electron chi connectivity index (χ2n) is 11.7. The van der Waals surface area contributed by atoms with Gasteiger partial charge in [-0.2, -0.15) is 0 Å². The first-order chi connectivity index (χ1) is 16.6. The van der Waals surface area contributed by atoms with Crippen LogP contribution in [0.3, 0.4) is 0 Å². The number of nitrogens with zero attached hydrogens (tertiary/aromatic N) is 2. The monoisotopic (exact) mass is 498 g/mol. The summed E-state index contributed by atoms with van der Waals surface area (Å²) in [5, 5.41) is 0.469. The highest BCUT2D eigenvalue weighted by Crippen LogP contribution is 2.67. The van der Waals surface area contributed by atoms with Gasteiger partial charge in [-0.25, -0.2) is 13.8 Å². The Hall–Kier alpha value is -2.15. The minimum absolute atomic E-state index is 0.0360. The number of carbonyl (C=O) groups is 2. The van der Waals surface area contributed by atoms with Gasteiger partial charge in [-0.05, 0) is 80.2 Å². The number of anilines is 2. The van der Waals surface area contributed by atoms with E-state index < -0.39 is 11.6 Å². The maximum absolute atomic E-state index is 14.6. The van der Waals surface area contributed by atoms with Crippen LogP contribution in [0.25, 0.3) is 0 Å². The summed E-state index contributed by atoms with van der Waals surface area (Å²) in [7, 11) is 0. The minimum atomic E-state index is -0.768. The number of fused-ring (bicyclic) bond motifs is 7. The Balaban J connectivity index is 1.35. The maximum atomic E-state index is 14.6. The number of benzene rings is 1. The Morgan fingerprint density at radius 3 is 2.63 bits per heavy atom. The summed E-state index contributed by atoms with van der Waals surface area (Å²) in [5.74, 6) is 0.781. The van der Waals surface area contributed by atoms with Gasteiger partial charge in [0.2, 0.25) is 5.91 Å². The van der Waals surface area contributed by atoms with E-state index in [1.807, 2.05) is 0 Å². The highest BCUT2D eigenvalue weighted by molar-refractivity contribution is 7.16. The Morgan fingerprint density at radius 1 is 1.09 bits per heavy atom. The van der Waals surface area contributed by atoms with Crippen LogP contribution in [0.1, 0.15) is 82.2 Å². The lowest BCUT2D eigenvalue weighted by Crippen LogP contribution is -2.52. The lowest BCUT2D eigenvalue weighted by Gasteiger charge is -2.59. The molecular formula is C28H32F2N2O2S. The van der Waals surface area contributed by atoms with E-state index in [9.17, 15) is 18.4 Å². The van der Waals surface area contributed by atoms with Gasteiger partial charge in [-0.1, -0.05) is 13.8 Å². The zero-order chi connectivity index (χ0) is 24.7. The average molecular weight is 499 g/mol. The molecule has 4 nitrogen and oxygen atoms in total. The molecule has 1 unspecified atom stereocenters. The first kappa shape index (κ1) is 23.3. The third-order valence-electron chi connectivity index (χ3n) is 10.2. The fraction of sp³-hybridized carbons (Fsp3) is 0.607. The Bertz CT molecular complexity index is 1230.